The van der Waals surface area contributed by atoms with Crippen molar-refractivity contribution in [2.45, 2.75) is 62.2 Å². The van der Waals surface area contributed by atoms with Gasteiger partial charge in [0, 0.05) is 0 Å². The molecule has 0 amide bonds. The van der Waals surface area contributed by atoms with Crippen LogP contribution in [-0.2, 0) is 0 Å². The largest absolute Gasteiger partial charge is 0.378 e. The molecule has 18 heavy (non-hydrogen) atoms. The lowest BCUT2D eigenvalue weighted by Crippen LogP contribution is -2.49. The van der Waals surface area contributed by atoms with Gasteiger partial charge in [0.2, 0.25) is 12.3 Å². The van der Waals surface area contributed by atoms with Gasteiger partial charge in [-0.05, 0) is 0 Å². The fourth-order valence-electron chi connectivity index (χ4n) is 1.82. The molecule has 0 aromatic heterocycles. The highest BCUT2D eigenvalue weighted by Gasteiger charge is 2.86. The van der Waals surface area contributed by atoms with E-state index in [1.807, 2.05) is 0 Å². The second-order valence-corrected chi connectivity index (χ2v) is 4.39. The Labute approximate surface area is 98.3 Å². The molecule has 2 aliphatic rings. The third kappa shape index (κ3) is 2.18. The molecule has 2 unspecified atom stereocenters. The summed E-state index contributed by atoms with van der Waals surface area (Å²) in [5.41, 5.74) is 0. The van der Waals surface area contributed by atoms with Crippen molar-refractivity contribution >= 4 is 0 Å². The van der Waals surface area contributed by atoms with E-state index in [0.717, 1.165) is 0 Å². The third-order valence-electron chi connectivity index (χ3n) is 3.04. The van der Waals surface area contributed by atoms with Gasteiger partial charge in [0.15, 0.2) is 0 Å². The highest BCUT2D eigenvalue weighted by molar-refractivity contribution is 5.14. The molecule has 2 fully saturated rings. The first kappa shape index (κ1) is 15.5. The average molecular weight is 284 g/mol. The Morgan fingerprint density at radius 3 is 0.889 bits per heavy atom. The minimum Gasteiger partial charge on any atom is -0.237 e. The van der Waals surface area contributed by atoms with Crippen LogP contribution in [0.5, 0.6) is 0 Å². The molecule has 0 heterocycles. The summed E-state index contributed by atoms with van der Waals surface area (Å²) in [6, 6.07) is 0. The lowest BCUT2D eigenvalue weighted by atomic mass is 10.2. The summed E-state index contributed by atoms with van der Waals surface area (Å²) >= 11 is 0. The van der Waals surface area contributed by atoms with Crippen LogP contribution >= 0.6 is 0 Å². The molecule has 0 aliphatic heterocycles. The second-order valence-electron chi connectivity index (χ2n) is 4.39. The molecule has 0 spiro atoms. The van der Waals surface area contributed by atoms with Crippen molar-refractivity contribution in [1.82, 2.24) is 0 Å². The first-order valence-electron chi connectivity index (χ1n) is 5.48. The maximum atomic E-state index is 12.0. The Morgan fingerprint density at radius 1 is 0.556 bits per heavy atom. The molecule has 0 radical (unpaired) electrons. The second kappa shape index (κ2) is 4.85. The number of hydrogen-bond acceptors (Lipinski definition) is 0. The van der Waals surface area contributed by atoms with Gasteiger partial charge in [0.25, 0.3) is 0 Å². The smallest absolute Gasteiger partial charge is 0.237 e. The SMILES string of the molecule is C1CCCC1.FC1C(F)C(F)(F)C(F)(F)C1(F)F. The van der Waals surface area contributed by atoms with E-state index >= 15 is 0 Å². The molecule has 8 heteroatoms. The number of halogens is 8. The van der Waals surface area contributed by atoms with Crippen LogP contribution in [0.15, 0.2) is 0 Å². The predicted octanol–water partition coefficient (Wildman–Crippen LogP) is 4.53. The lowest BCUT2D eigenvalue weighted by molar-refractivity contribution is -0.281. The molecule has 2 rings (SSSR count). The van der Waals surface area contributed by atoms with E-state index in [2.05, 4.69) is 0 Å². The van der Waals surface area contributed by atoms with E-state index in [1.165, 1.54) is 32.1 Å². The van der Waals surface area contributed by atoms with Gasteiger partial charge in [0.1, 0.15) is 0 Å². The van der Waals surface area contributed by atoms with E-state index < -0.39 is 30.1 Å². The lowest BCUT2D eigenvalue weighted by Gasteiger charge is -2.22. The first-order chi connectivity index (χ1) is 8.07. The third-order valence-corrected chi connectivity index (χ3v) is 3.04. The zero-order valence-corrected chi connectivity index (χ0v) is 9.21. The molecule has 2 atom stereocenters. The molecule has 0 nitrogen and oxygen atoms in total. The van der Waals surface area contributed by atoms with Gasteiger partial charge in [0.05, 0.1) is 0 Å². The standard InChI is InChI=1S/C5H2F8.C5H10/c6-1-2(7)4(10,11)5(12,13)3(1,8)9;1-2-4-5-3-1/h1-2H;1-5H2. The van der Waals surface area contributed by atoms with Crippen molar-refractivity contribution in [2.75, 3.05) is 0 Å². The van der Waals surface area contributed by atoms with Gasteiger partial charge in [-0.25, -0.2) is 8.78 Å². The maximum absolute atomic E-state index is 12.0. The van der Waals surface area contributed by atoms with Crippen molar-refractivity contribution in [3.63, 3.8) is 0 Å². The summed E-state index contributed by atoms with van der Waals surface area (Å²) in [7, 11) is 0. The molecule has 0 saturated heterocycles. The van der Waals surface area contributed by atoms with Gasteiger partial charge < -0.3 is 0 Å². The molecule has 0 aromatic carbocycles. The van der Waals surface area contributed by atoms with Gasteiger partial charge in [-0.1, -0.05) is 32.1 Å². The van der Waals surface area contributed by atoms with Crippen molar-refractivity contribution in [3.8, 4) is 0 Å². The van der Waals surface area contributed by atoms with Crippen molar-refractivity contribution in [3.05, 3.63) is 0 Å². The Balaban J connectivity index is 0.000000269. The van der Waals surface area contributed by atoms with E-state index in [9.17, 15) is 35.1 Å². The van der Waals surface area contributed by atoms with Crippen LogP contribution in [0.3, 0.4) is 0 Å². The number of alkyl halides is 8. The molecular weight excluding hydrogens is 272 g/mol. The average Bonchev–Trinajstić information content (AvgIpc) is 2.86. The highest BCUT2D eigenvalue weighted by atomic mass is 19.4. The fourth-order valence-corrected chi connectivity index (χ4v) is 1.82. The van der Waals surface area contributed by atoms with E-state index in [1.54, 1.807) is 0 Å². The summed E-state index contributed by atoms with van der Waals surface area (Å²) in [5.74, 6) is -17.3. The van der Waals surface area contributed by atoms with Crippen molar-refractivity contribution in [2.24, 2.45) is 0 Å². The summed E-state index contributed by atoms with van der Waals surface area (Å²) in [6.45, 7) is 0. The first-order valence-corrected chi connectivity index (χ1v) is 5.48. The minimum absolute atomic E-state index is 1.50. The van der Waals surface area contributed by atoms with E-state index in [4.69, 9.17) is 0 Å². The zero-order valence-electron chi connectivity index (χ0n) is 9.21. The molecule has 0 aromatic rings. The highest BCUT2D eigenvalue weighted by Crippen LogP contribution is 2.58. The number of hydrogen-bond donors (Lipinski definition) is 0. The summed E-state index contributed by atoms with van der Waals surface area (Å²) in [4.78, 5) is 0. The Kier molecular flexibility index (Phi) is 4.17. The van der Waals surface area contributed by atoms with Gasteiger partial charge in [-0.2, -0.15) is 26.3 Å². The van der Waals surface area contributed by atoms with Gasteiger partial charge >= 0.3 is 17.8 Å². The van der Waals surface area contributed by atoms with E-state index in [0.29, 0.717) is 0 Å². The maximum Gasteiger partial charge on any atom is 0.378 e. The van der Waals surface area contributed by atoms with Gasteiger partial charge in [-0.3, -0.25) is 0 Å². The summed E-state index contributed by atoms with van der Waals surface area (Å²) in [6.07, 6.45) is -0.866. The zero-order chi connectivity index (χ0) is 14.2. The Morgan fingerprint density at radius 2 is 0.778 bits per heavy atom. The van der Waals surface area contributed by atoms with Crippen LogP contribution in [-0.4, -0.2) is 30.1 Å². The topological polar surface area (TPSA) is 0 Å². The fraction of sp³-hybridized carbons (Fsp3) is 1.00. The van der Waals surface area contributed by atoms with Crippen molar-refractivity contribution < 1.29 is 35.1 Å². The van der Waals surface area contributed by atoms with Crippen LogP contribution in [0.2, 0.25) is 0 Å². The molecule has 108 valence electrons. The molecule has 0 N–H and O–H groups in total. The van der Waals surface area contributed by atoms with Crippen molar-refractivity contribution in [1.29, 1.82) is 0 Å². The quantitative estimate of drug-likeness (QED) is 0.573. The minimum atomic E-state index is -5.99. The molecule has 0 bridgehead atoms. The Hall–Kier alpha value is -0.560. The molecular formula is C10H12F8. The van der Waals surface area contributed by atoms with Crippen LogP contribution in [0.4, 0.5) is 35.1 Å². The molecule has 2 aliphatic carbocycles. The molecule has 2 saturated carbocycles. The van der Waals surface area contributed by atoms with Crippen LogP contribution in [0, 0.1) is 0 Å². The summed E-state index contributed by atoms with van der Waals surface area (Å²) < 4.78 is 96.1. The number of rotatable bonds is 0. The monoisotopic (exact) mass is 284 g/mol. The van der Waals surface area contributed by atoms with Crippen LogP contribution in [0.1, 0.15) is 32.1 Å². The predicted molar refractivity (Wildman–Crippen MR) is 47.7 cm³/mol. The van der Waals surface area contributed by atoms with Crippen LogP contribution in [0.25, 0.3) is 0 Å². The summed E-state index contributed by atoms with van der Waals surface area (Å²) in [5, 5.41) is 0. The van der Waals surface area contributed by atoms with Gasteiger partial charge in [-0.15, -0.1) is 0 Å². The van der Waals surface area contributed by atoms with Crippen LogP contribution < -0.4 is 0 Å². The normalized spacial score (nSPS) is 36.0. The van der Waals surface area contributed by atoms with E-state index in [-0.39, 0.29) is 0 Å². The Bertz CT molecular complexity index is 254.